The van der Waals surface area contributed by atoms with E-state index in [0.29, 0.717) is 6.42 Å². The van der Waals surface area contributed by atoms with E-state index in [-0.39, 0.29) is 6.42 Å². The summed E-state index contributed by atoms with van der Waals surface area (Å²) in [6, 6.07) is 0. The number of esters is 1. The number of hydrogen-bond donors (Lipinski definition) is 7. The van der Waals surface area contributed by atoms with Gasteiger partial charge in [0.2, 0.25) is 5.79 Å². The van der Waals surface area contributed by atoms with Crippen LogP contribution < -0.4 is 0 Å². The number of rotatable bonds is 21. The zero-order valence-electron chi connectivity index (χ0n) is 24.5. The van der Waals surface area contributed by atoms with Crippen molar-refractivity contribution in [2.24, 2.45) is 0 Å². The summed E-state index contributed by atoms with van der Waals surface area (Å²) in [7, 11) is 0. The predicted octanol–water partition coefficient (Wildman–Crippen LogP) is 1.03. The molecular formula is C29H54O12. The van der Waals surface area contributed by atoms with Gasteiger partial charge >= 0.3 is 5.97 Å². The summed E-state index contributed by atoms with van der Waals surface area (Å²) in [5, 5.41) is 70.3. The van der Waals surface area contributed by atoms with Crippen LogP contribution >= 0.6 is 0 Å². The normalized spacial score (nSPS) is 33.8. The van der Waals surface area contributed by atoms with Gasteiger partial charge in [-0.25, -0.2) is 0 Å². The minimum Gasteiger partial charge on any atom is -0.454 e. The van der Waals surface area contributed by atoms with Crippen LogP contribution in [0.25, 0.3) is 0 Å². The summed E-state index contributed by atoms with van der Waals surface area (Å²) in [5.41, 5.74) is 0. The van der Waals surface area contributed by atoms with Gasteiger partial charge in [-0.1, -0.05) is 90.4 Å². The van der Waals surface area contributed by atoms with Crippen LogP contribution in [0.3, 0.4) is 0 Å². The maximum atomic E-state index is 12.6. The van der Waals surface area contributed by atoms with Crippen molar-refractivity contribution in [2.75, 3.05) is 19.8 Å². The van der Waals surface area contributed by atoms with E-state index in [0.717, 1.165) is 19.3 Å². The van der Waals surface area contributed by atoms with Gasteiger partial charge in [-0.05, 0) is 6.42 Å². The van der Waals surface area contributed by atoms with E-state index in [9.17, 15) is 40.5 Å². The number of carbonyl (C=O) groups excluding carboxylic acids is 1. The lowest BCUT2D eigenvalue weighted by Crippen LogP contribution is -2.63. The first kappa shape index (κ1) is 36.3. The highest BCUT2D eigenvalue weighted by atomic mass is 16.8. The van der Waals surface area contributed by atoms with Crippen molar-refractivity contribution in [3.63, 3.8) is 0 Å². The number of aliphatic hydroxyl groups is 7. The first-order valence-electron chi connectivity index (χ1n) is 15.5. The van der Waals surface area contributed by atoms with E-state index in [4.69, 9.17) is 18.9 Å². The maximum Gasteiger partial charge on any atom is 0.306 e. The Labute approximate surface area is 243 Å². The van der Waals surface area contributed by atoms with Crippen molar-refractivity contribution in [3.05, 3.63) is 0 Å². The average molecular weight is 595 g/mol. The minimum absolute atomic E-state index is 0.0621. The van der Waals surface area contributed by atoms with Crippen LogP contribution in [0.2, 0.25) is 0 Å². The van der Waals surface area contributed by atoms with Gasteiger partial charge in [0, 0.05) is 6.42 Å². The molecule has 0 saturated carbocycles. The zero-order valence-corrected chi connectivity index (χ0v) is 24.5. The largest absolute Gasteiger partial charge is 0.454 e. The molecule has 12 nitrogen and oxygen atoms in total. The third-order valence-electron chi connectivity index (χ3n) is 8.03. The molecule has 0 amide bonds. The molecule has 0 aromatic rings. The van der Waals surface area contributed by atoms with Crippen LogP contribution in [0.15, 0.2) is 0 Å². The van der Waals surface area contributed by atoms with E-state index in [1.807, 2.05) is 0 Å². The van der Waals surface area contributed by atoms with Crippen molar-refractivity contribution < 1.29 is 59.5 Å². The van der Waals surface area contributed by atoms with Crippen LogP contribution in [-0.4, -0.2) is 116 Å². The van der Waals surface area contributed by atoms with Crippen molar-refractivity contribution in [3.8, 4) is 0 Å². The van der Waals surface area contributed by atoms with Gasteiger partial charge in [0.25, 0.3) is 0 Å². The average Bonchev–Trinajstić information content (AvgIpc) is 3.23. The molecule has 2 rings (SSSR count). The van der Waals surface area contributed by atoms with Gasteiger partial charge in [-0.15, -0.1) is 0 Å². The lowest BCUT2D eigenvalue weighted by atomic mass is 9.99. The van der Waals surface area contributed by atoms with Crippen LogP contribution in [-0.2, 0) is 23.7 Å². The van der Waals surface area contributed by atoms with Crippen LogP contribution in [0.4, 0.5) is 0 Å². The highest BCUT2D eigenvalue weighted by Crippen LogP contribution is 2.38. The SMILES string of the molecule is CCCCCCCCCCCCCCCCC(=O)O[C@H]1[C@H](O)[C@@H](CO)O[C@@]1(CO)O[C@H]1O[C@H](CO)[C@@H](O)[C@H](O)[C@H]1O. The van der Waals surface area contributed by atoms with Crippen molar-refractivity contribution in [2.45, 2.75) is 158 Å². The third-order valence-corrected chi connectivity index (χ3v) is 8.03. The summed E-state index contributed by atoms with van der Waals surface area (Å²) in [5.74, 6) is -2.91. The molecule has 0 aromatic carbocycles. The van der Waals surface area contributed by atoms with Gasteiger partial charge < -0.3 is 54.7 Å². The van der Waals surface area contributed by atoms with E-state index < -0.39 is 80.6 Å². The fraction of sp³-hybridized carbons (Fsp3) is 0.966. The van der Waals surface area contributed by atoms with Gasteiger partial charge in [-0.2, -0.15) is 0 Å². The van der Waals surface area contributed by atoms with Crippen molar-refractivity contribution in [1.29, 1.82) is 0 Å². The van der Waals surface area contributed by atoms with Gasteiger partial charge in [0.05, 0.1) is 13.2 Å². The topological polar surface area (TPSA) is 196 Å². The van der Waals surface area contributed by atoms with Gasteiger partial charge in [0.1, 0.15) is 43.2 Å². The second-order valence-electron chi connectivity index (χ2n) is 11.4. The fourth-order valence-corrected chi connectivity index (χ4v) is 5.44. The van der Waals surface area contributed by atoms with Crippen molar-refractivity contribution >= 4 is 5.97 Å². The molecule has 0 aromatic heterocycles. The molecule has 2 aliphatic heterocycles. The Bertz CT molecular complexity index is 709. The summed E-state index contributed by atoms with van der Waals surface area (Å²) in [6.07, 6.45) is 3.77. The summed E-state index contributed by atoms with van der Waals surface area (Å²) in [6.45, 7) is -0.134. The molecule has 0 bridgehead atoms. The molecule has 0 unspecified atom stereocenters. The Morgan fingerprint density at radius 2 is 1.20 bits per heavy atom. The molecule has 2 fully saturated rings. The first-order chi connectivity index (χ1) is 19.7. The molecule has 2 saturated heterocycles. The molecule has 12 heteroatoms. The molecule has 242 valence electrons. The highest BCUT2D eigenvalue weighted by Gasteiger charge is 2.60. The van der Waals surface area contributed by atoms with Crippen LogP contribution in [0.1, 0.15) is 103 Å². The lowest BCUT2D eigenvalue weighted by Gasteiger charge is -2.43. The number of unbranched alkanes of at least 4 members (excludes halogenated alkanes) is 13. The minimum atomic E-state index is -2.24. The molecule has 9 atom stereocenters. The van der Waals surface area contributed by atoms with E-state index >= 15 is 0 Å². The summed E-state index contributed by atoms with van der Waals surface area (Å²) >= 11 is 0. The Kier molecular flexibility index (Phi) is 17.1. The number of ether oxygens (including phenoxy) is 4. The lowest BCUT2D eigenvalue weighted by molar-refractivity contribution is -0.383. The highest BCUT2D eigenvalue weighted by molar-refractivity contribution is 5.69. The van der Waals surface area contributed by atoms with Gasteiger partial charge in [0.15, 0.2) is 12.4 Å². The number of carbonyl (C=O) groups is 1. The second kappa shape index (κ2) is 19.4. The third kappa shape index (κ3) is 10.9. The molecule has 0 spiro atoms. The second-order valence-corrected chi connectivity index (χ2v) is 11.4. The Morgan fingerprint density at radius 3 is 1.68 bits per heavy atom. The molecule has 2 aliphatic rings. The summed E-state index contributed by atoms with van der Waals surface area (Å²) < 4.78 is 21.9. The predicted molar refractivity (Wildman–Crippen MR) is 147 cm³/mol. The molecule has 0 radical (unpaired) electrons. The number of aliphatic hydroxyl groups excluding tert-OH is 7. The molecule has 2 heterocycles. The molecule has 0 aliphatic carbocycles. The first-order valence-corrected chi connectivity index (χ1v) is 15.5. The quantitative estimate of drug-likeness (QED) is 0.0738. The summed E-state index contributed by atoms with van der Waals surface area (Å²) in [4.78, 5) is 12.6. The van der Waals surface area contributed by atoms with E-state index in [1.54, 1.807) is 0 Å². The Morgan fingerprint density at radius 1 is 0.683 bits per heavy atom. The van der Waals surface area contributed by atoms with Gasteiger partial charge in [-0.3, -0.25) is 4.79 Å². The Balaban J connectivity index is 1.76. The fourth-order valence-electron chi connectivity index (χ4n) is 5.44. The molecule has 7 N–H and O–H groups in total. The number of hydrogen-bond acceptors (Lipinski definition) is 12. The maximum absolute atomic E-state index is 12.6. The van der Waals surface area contributed by atoms with Crippen LogP contribution in [0, 0.1) is 0 Å². The zero-order chi connectivity index (χ0) is 30.3. The van der Waals surface area contributed by atoms with E-state index in [1.165, 1.54) is 64.2 Å². The monoisotopic (exact) mass is 594 g/mol. The standard InChI is InChI=1S/C29H54O12/c1-2-3-4-5-6-7-8-9-10-11-12-13-14-15-16-22(33)39-27-24(35)21(18-31)40-29(27,19-32)41-28-26(37)25(36)23(34)20(17-30)38-28/h20-21,23-28,30-32,34-37H,2-19H2,1H3/t20-,21-,23-,24-,25+,26-,27+,28-,29+/m1/s1. The molecule has 41 heavy (non-hydrogen) atoms. The smallest absolute Gasteiger partial charge is 0.306 e. The Hall–Kier alpha value is -0.930. The van der Waals surface area contributed by atoms with E-state index in [2.05, 4.69) is 6.92 Å². The van der Waals surface area contributed by atoms with Crippen molar-refractivity contribution in [1.82, 2.24) is 0 Å². The van der Waals surface area contributed by atoms with Crippen LogP contribution in [0.5, 0.6) is 0 Å². The molecular weight excluding hydrogens is 540 g/mol.